The van der Waals surface area contributed by atoms with Crippen molar-refractivity contribution in [1.29, 1.82) is 0 Å². The Morgan fingerprint density at radius 2 is 1.56 bits per heavy atom. The molecule has 0 saturated carbocycles. The molecule has 0 aliphatic carbocycles. The van der Waals surface area contributed by atoms with Crippen LogP contribution in [0.4, 0.5) is 4.79 Å². The van der Waals surface area contributed by atoms with Crippen LogP contribution >= 0.6 is 0 Å². The Balaban J connectivity index is 2.04. The van der Waals surface area contributed by atoms with Crippen molar-refractivity contribution in [1.82, 2.24) is 4.90 Å². The number of rotatable bonds is 7. The number of ether oxygens (including phenoxy) is 2. The number of aryl methyl sites for hydroxylation is 1. The minimum atomic E-state index is -0.993. The number of fused-ring (bicyclic) bond motifs is 1. The van der Waals surface area contributed by atoms with E-state index in [1.54, 1.807) is 35.3 Å². The number of amides is 1. The minimum Gasteiger partial charge on any atom is -0.437 e. The maximum absolute atomic E-state index is 14.0. The van der Waals surface area contributed by atoms with E-state index >= 15 is 0 Å². The van der Waals surface area contributed by atoms with Crippen LogP contribution in [0.5, 0.6) is 5.75 Å². The summed E-state index contributed by atoms with van der Waals surface area (Å²) < 4.78 is 9.81. The van der Waals surface area contributed by atoms with Gasteiger partial charge in [-0.3, -0.25) is 9.69 Å². The van der Waals surface area contributed by atoms with E-state index in [-0.39, 0.29) is 5.91 Å². The van der Waals surface area contributed by atoms with E-state index in [2.05, 4.69) is 17.9 Å². The van der Waals surface area contributed by atoms with Crippen LogP contribution in [0.1, 0.15) is 32.6 Å². The van der Waals surface area contributed by atoms with Gasteiger partial charge in [-0.25, -0.2) is 4.79 Å². The van der Waals surface area contributed by atoms with Gasteiger partial charge in [-0.1, -0.05) is 91.5 Å². The van der Waals surface area contributed by atoms with Crippen LogP contribution in [0.3, 0.4) is 0 Å². The third-order valence-corrected chi connectivity index (χ3v) is 6.18. The predicted octanol–water partition coefficient (Wildman–Crippen LogP) is 6.70. The molecule has 180 valence electrons. The molecule has 3 aromatic carbocycles. The number of carbonyl (C=O) groups is 2. The summed E-state index contributed by atoms with van der Waals surface area (Å²) in [6, 6.07) is 22.9. The quantitative estimate of drug-likeness (QED) is 0.216. The van der Waals surface area contributed by atoms with Crippen molar-refractivity contribution >= 4 is 12.1 Å². The Bertz CT molecular complexity index is 1370. The molecule has 0 bridgehead atoms. The summed E-state index contributed by atoms with van der Waals surface area (Å²) in [5, 5.41) is 0. The standard InChI is InChI=1S/C31H27NO4/c1-5-7-8-11-25(6-2)32-29(33)27-12-9-10-13-28(27)31(32,23-16-14-22(3)15-17-23)24-18-20-26(21-19-24)36-30(34)35-4/h5-21H,1-2H2,3-4H3/b8-7-,25-11+. The lowest BCUT2D eigenvalue weighted by Gasteiger charge is -2.41. The molecule has 3 aromatic rings. The fourth-order valence-electron chi connectivity index (χ4n) is 4.59. The average molecular weight is 478 g/mol. The van der Waals surface area contributed by atoms with Crippen molar-refractivity contribution < 1.29 is 19.1 Å². The number of methoxy groups -OCH3 is 1. The van der Waals surface area contributed by atoms with Crippen LogP contribution in [0.25, 0.3) is 0 Å². The van der Waals surface area contributed by atoms with E-state index in [9.17, 15) is 9.59 Å². The molecule has 1 amide bonds. The predicted molar refractivity (Wildman–Crippen MR) is 141 cm³/mol. The largest absolute Gasteiger partial charge is 0.513 e. The van der Waals surface area contributed by atoms with Crippen LogP contribution < -0.4 is 4.74 Å². The van der Waals surface area contributed by atoms with Gasteiger partial charge in [0, 0.05) is 11.3 Å². The smallest absolute Gasteiger partial charge is 0.437 e. The molecule has 0 N–H and O–H groups in total. The minimum absolute atomic E-state index is 0.140. The molecular weight excluding hydrogens is 450 g/mol. The highest BCUT2D eigenvalue weighted by Crippen LogP contribution is 2.51. The first-order chi connectivity index (χ1) is 17.5. The zero-order valence-electron chi connectivity index (χ0n) is 20.3. The summed E-state index contributed by atoms with van der Waals surface area (Å²) in [6.07, 6.45) is 8.01. The summed E-state index contributed by atoms with van der Waals surface area (Å²) in [7, 11) is 1.26. The molecule has 5 heteroatoms. The lowest BCUT2D eigenvalue weighted by Crippen LogP contribution is -2.44. The van der Waals surface area contributed by atoms with Crippen LogP contribution in [-0.2, 0) is 10.3 Å². The topological polar surface area (TPSA) is 55.8 Å². The molecule has 36 heavy (non-hydrogen) atoms. The molecule has 1 heterocycles. The fourth-order valence-corrected chi connectivity index (χ4v) is 4.59. The molecule has 1 unspecified atom stereocenters. The molecule has 0 fully saturated rings. The van der Waals surface area contributed by atoms with Crippen molar-refractivity contribution in [2.24, 2.45) is 0 Å². The number of benzene rings is 3. The summed E-state index contributed by atoms with van der Waals surface area (Å²) in [5.41, 5.74) is 3.93. The number of hydrogen-bond acceptors (Lipinski definition) is 4. The maximum atomic E-state index is 14.0. The second kappa shape index (κ2) is 10.3. The van der Waals surface area contributed by atoms with Crippen molar-refractivity contribution in [2.75, 3.05) is 7.11 Å². The molecule has 4 rings (SSSR count). The molecule has 1 aliphatic heterocycles. The Hall–Kier alpha value is -4.64. The van der Waals surface area contributed by atoms with E-state index < -0.39 is 11.7 Å². The van der Waals surface area contributed by atoms with Gasteiger partial charge in [-0.15, -0.1) is 0 Å². The summed E-state index contributed by atoms with van der Waals surface area (Å²) in [4.78, 5) is 27.4. The van der Waals surface area contributed by atoms with Crippen LogP contribution in [0.2, 0.25) is 0 Å². The van der Waals surface area contributed by atoms with E-state index in [0.29, 0.717) is 17.0 Å². The summed E-state index contributed by atoms with van der Waals surface area (Å²) in [5.74, 6) is 0.196. The highest BCUT2D eigenvalue weighted by molar-refractivity contribution is 6.03. The van der Waals surface area contributed by atoms with Crippen LogP contribution in [0, 0.1) is 6.92 Å². The number of nitrogens with zero attached hydrogens (tertiary/aromatic N) is 1. The molecule has 0 spiro atoms. The van der Waals surface area contributed by atoms with Gasteiger partial charge in [0.2, 0.25) is 0 Å². The first-order valence-electron chi connectivity index (χ1n) is 11.5. The molecule has 0 radical (unpaired) electrons. The number of hydrogen-bond donors (Lipinski definition) is 0. The van der Waals surface area contributed by atoms with E-state index in [0.717, 1.165) is 22.3 Å². The molecule has 1 atom stereocenters. The molecular formula is C31H27NO4. The zero-order valence-corrected chi connectivity index (χ0v) is 20.3. The molecule has 0 saturated heterocycles. The Labute approximate surface area is 211 Å². The third-order valence-electron chi connectivity index (χ3n) is 6.18. The van der Waals surface area contributed by atoms with Crippen molar-refractivity contribution in [2.45, 2.75) is 12.5 Å². The second-order valence-corrected chi connectivity index (χ2v) is 8.26. The fraction of sp³-hybridized carbons (Fsp3) is 0.0968. The first-order valence-corrected chi connectivity index (χ1v) is 11.5. The van der Waals surface area contributed by atoms with Crippen LogP contribution in [0.15, 0.2) is 122 Å². The number of allylic oxidation sites excluding steroid dienone is 5. The highest BCUT2D eigenvalue weighted by Gasteiger charge is 2.53. The SMILES string of the molecule is C=C/C=C\C=C(/C=C)N1C(=O)c2ccccc2C1(c1ccc(C)cc1)c1ccc(OC(=O)OC)cc1. The summed E-state index contributed by atoms with van der Waals surface area (Å²) in [6.45, 7) is 9.76. The van der Waals surface area contributed by atoms with Gasteiger partial charge in [0.05, 0.1) is 7.11 Å². The lowest BCUT2D eigenvalue weighted by atomic mass is 9.76. The Morgan fingerprint density at radius 3 is 2.17 bits per heavy atom. The number of carbonyl (C=O) groups excluding carboxylic acids is 2. The highest BCUT2D eigenvalue weighted by atomic mass is 16.7. The van der Waals surface area contributed by atoms with Gasteiger partial charge in [-0.05, 0) is 54.0 Å². The van der Waals surface area contributed by atoms with Crippen molar-refractivity contribution in [3.63, 3.8) is 0 Å². The van der Waals surface area contributed by atoms with Gasteiger partial charge >= 0.3 is 6.16 Å². The van der Waals surface area contributed by atoms with Gasteiger partial charge in [0.15, 0.2) is 0 Å². The lowest BCUT2D eigenvalue weighted by molar-refractivity contribution is 0.0759. The molecule has 5 nitrogen and oxygen atoms in total. The van der Waals surface area contributed by atoms with E-state index in [1.165, 1.54) is 7.11 Å². The normalized spacial score (nSPS) is 17.1. The van der Waals surface area contributed by atoms with Crippen molar-refractivity contribution in [3.8, 4) is 5.75 Å². The van der Waals surface area contributed by atoms with Gasteiger partial charge in [0.25, 0.3) is 5.91 Å². The maximum Gasteiger partial charge on any atom is 0.513 e. The Kier molecular flexibility index (Phi) is 7.02. The monoisotopic (exact) mass is 477 g/mol. The van der Waals surface area contributed by atoms with Gasteiger partial charge in [-0.2, -0.15) is 0 Å². The van der Waals surface area contributed by atoms with Crippen molar-refractivity contribution in [3.05, 3.63) is 150 Å². The zero-order chi connectivity index (χ0) is 25.7. The first kappa shape index (κ1) is 24.5. The van der Waals surface area contributed by atoms with Gasteiger partial charge < -0.3 is 9.47 Å². The second-order valence-electron chi connectivity index (χ2n) is 8.26. The van der Waals surface area contributed by atoms with E-state index in [1.807, 2.05) is 79.7 Å². The third kappa shape index (κ3) is 4.16. The van der Waals surface area contributed by atoms with Crippen LogP contribution in [-0.4, -0.2) is 24.1 Å². The Morgan fingerprint density at radius 1 is 0.917 bits per heavy atom. The molecule has 1 aliphatic rings. The molecule has 0 aromatic heterocycles. The van der Waals surface area contributed by atoms with E-state index in [4.69, 9.17) is 4.74 Å². The van der Waals surface area contributed by atoms with Gasteiger partial charge in [0.1, 0.15) is 11.3 Å². The average Bonchev–Trinajstić information content (AvgIpc) is 3.17. The summed E-state index contributed by atoms with van der Waals surface area (Å²) >= 11 is 0.